The zero-order valence-electron chi connectivity index (χ0n) is 24.3. The van der Waals surface area contributed by atoms with E-state index in [4.69, 9.17) is 4.74 Å². The van der Waals surface area contributed by atoms with Crippen molar-refractivity contribution in [3.8, 4) is 10.4 Å². The van der Waals surface area contributed by atoms with Crippen LogP contribution >= 0.6 is 11.3 Å². The Bertz CT molecular complexity index is 1200. The summed E-state index contributed by atoms with van der Waals surface area (Å²) < 4.78 is 7.64. The van der Waals surface area contributed by atoms with Crippen LogP contribution in [0, 0.1) is 16.2 Å². The summed E-state index contributed by atoms with van der Waals surface area (Å²) in [5, 5.41) is 1.27. The SMILES string of the molecule is CC(C)(C)CC(C)(C(=O)OC(C)(C)CC(C)(C)c1ccc2cc(-c3ccccc3)sc2c1)C(C)(C)C. The molecule has 0 radical (unpaired) electrons. The van der Waals surface area contributed by atoms with Gasteiger partial charge in [0.1, 0.15) is 5.60 Å². The zero-order chi connectivity index (χ0) is 27.2. The number of carbonyl (C=O) groups excluding carboxylic acids is 1. The number of esters is 1. The Balaban J connectivity index is 1.84. The monoisotopic (exact) mass is 506 g/mol. The molecule has 2 nitrogen and oxygen atoms in total. The molecule has 0 aliphatic heterocycles. The van der Waals surface area contributed by atoms with Crippen molar-refractivity contribution in [2.75, 3.05) is 0 Å². The van der Waals surface area contributed by atoms with Crippen molar-refractivity contribution in [3.05, 3.63) is 60.2 Å². The maximum absolute atomic E-state index is 13.7. The third-order valence-electron chi connectivity index (χ3n) is 7.59. The van der Waals surface area contributed by atoms with Gasteiger partial charge in [-0.1, -0.05) is 97.9 Å². The Morgan fingerprint density at radius 2 is 1.39 bits per heavy atom. The first-order valence-electron chi connectivity index (χ1n) is 13.2. The lowest BCUT2D eigenvalue weighted by Crippen LogP contribution is -2.48. The number of carbonyl (C=O) groups is 1. The van der Waals surface area contributed by atoms with Crippen LogP contribution in [-0.4, -0.2) is 11.6 Å². The van der Waals surface area contributed by atoms with Gasteiger partial charge in [-0.15, -0.1) is 11.3 Å². The predicted octanol–water partition coefficient (Wildman–Crippen LogP) is 10.0. The van der Waals surface area contributed by atoms with Crippen molar-refractivity contribution < 1.29 is 9.53 Å². The van der Waals surface area contributed by atoms with E-state index in [2.05, 4.69) is 131 Å². The number of fused-ring (bicyclic) bond motifs is 1. The van der Waals surface area contributed by atoms with Crippen LogP contribution in [0.4, 0.5) is 0 Å². The average molecular weight is 507 g/mol. The number of benzene rings is 2. The smallest absolute Gasteiger partial charge is 0.312 e. The summed E-state index contributed by atoms with van der Waals surface area (Å²) in [5.74, 6) is -0.0908. The molecule has 1 unspecified atom stereocenters. The Morgan fingerprint density at radius 1 is 0.778 bits per heavy atom. The van der Waals surface area contributed by atoms with Gasteiger partial charge in [-0.25, -0.2) is 0 Å². The second-order valence-corrected chi connectivity index (χ2v) is 15.3. The zero-order valence-corrected chi connectivity index (χ0v) is 25.2. The Hall–Kier alpha value is -2.13. The largest absolute Gasteiger partial charge is 0.459 e. The fourth-order valence-corrected chi connectivity index (χ4v) is 6.57. The molecule has 3 rings (SSSR count). The topological polar surface area (TPSA) is 26.3 Å². The molecule has 196 valence electrons. The first-order valence-corrected chi connectivity index (χ1v) is 14.0. The van der Waals surface area contributed by atoms with E-state index in [1.165, 1.54) is 26.1 Å². The molecule has 3 aromatic rings. The van der Waals surface area contributed by atoms with Crippen LogP contribution in [0.5, 0.6) is 0 Å². The van der Waals surface area contributed by atoms with E-state index in [9.17, 15) is 4.79 Å². The molecular formula is C33H46O2S. The quantitative estimate of drug-likeness (QED) is 0.298. The molecule has 0 aliphatic carbocycles. The summed E-state index contributed by atoms with van der Waals surface area (Å²) in [5.41, 5.74) is 1.03. The number of ether oxygens (including phenoxy) is 1. The van der Waals surface area contributed by atoms with Crippen LogP contribution in [0.1, 0.15) is 94.6 Å². The third kappa shape index (κ3) is 6.40. The maximum atomic E-state index is 13.7. The van der Waals surface area contributed by atoms with Crippen molar-refractivity contribution >= 4 is 27.4 Å². The fourth-order valence-electron chi connectivity index (χ4n) is 5.47. The number of thiophene rings is 1. The molecule has 0 aliphatic rings. The van der Waals surface area contributed by atoms with Crippen LogP contribution in [0.25, 0.3) is 20.5 Å². The molecule has 0 saturated heterocycles. The van der Waals surface area contributed by atoms with Gasteiger partial charge in [-0.3, -0.25) is 4.79 Å². The van der Waals surface area contributed by atoms with Crippen molar-refractivity contribution in [1.29, 1.82) is 0 Å². The molecule has 2 aromatic carbocycles. The minimum absolute atomic E-state index is 0.0270. The molecule has 0 amide bonds. The van der Waals surface area contributed by atoms with Crippen molar-refractivity contribution in [2.24, 2.45) is 16.2 Å². The Morgan fingerprint density at radius 3 is 1.94 bits per heavy atom. The van der Waals surface area contributed by atoms with Crippen LogP contribution in [-0.2, 0) is 14.9 Å². The van der Waals surface area contributed by atoms with Gasteiger partial charge in [0, 0.05) is 9.58 Å². The van der Waals surface area contributed by atoms with E-state index < -0.39 is 11.0 Å². The summed E-state index contributed by atoms with van der Waals surface area (Å²) in [7, 11) is 0. The van der Waals surface area contributed by atoms with E-state index in [0.717, 1.165) is 12.8 Å². The van der Waals surface area contributed by atoms with Gasteiger partial charge in [-0.05, 0) is 78.5 Å². The van der Waals surface area contributed by atoms with Crippen LogP contribution in [0.15, 0.2) is 54.6 Å². The lowest BCUT2D eigenvalue weighted by atomic mass is 9.61. The summed E-state index contributed by atoms with van der Waals surface area (Å²) >= 11 is 1.84. The Labute approximate surface area is 223 Å². The van der Waals surface area contributed by atoms with Crippen molar-refractivity contribution in [3.63, 3.8) is 0 Å². The standard InChI is InChI=1S/C33H46O2S/c1-29(2,3)21-33(11,30(4,5)6)28(34)35-32(9,10)22-31(7,8)25-18-17-24-19-26(36-27(24)20-25)23-15-13-12-14-16-23/h12-20H,21-22H2,1-11H3. The van der Waals surface area contributed by atoms with E-state index in [1.54, 1.807) is 0 Å². The highest BCUT2D eigenvalue weighted by Crippen LogP contribution is 2.48. The number of hydrogen-bond donors (Lipinski definition) is 0. The maximum Gasteiger partial charge on any atom is 0.312 e. The van der Waals surface area contributed by atoms with Crippen molar-refractivity contribution in [1.82, 2.24) is 0 Å². The second kappa shape index (κ2) is 9.63. The minimum atomic E-state index is -0.593. The summed E-state index contributed by atoms with van der Waals surface area (Å²) in [4.78, 5) is 15.0. The van der Waals surface area contributed by atoms with Gasteiger partial charge in [-0.2, -0.15) is 0 Å². The van der Waals surface area contributed by atoms with Gasteiger partial charge in [0.25, 0.3) is 0 Å². The van der Waals surface area contributed by atoms with Crippen LogP contribution in [0.3, 0.4) is 0 Å². The van der Waals surface area contributed by atoms with Gasteiger partial charge >= 0.3 is 5.97 Å². The molecule has 0 fully saturated rings. The third-order valence-corrected chi connectivity index (χ3v) is 8.73. The lowest BCUT2D eigenvalue weighted by Gasteiger charge is -2.45. The summed E-state index contributed by atoms with van der Waals surface area (Å²) in [6.07, 6.45) is 1.52. The molecule has 0 saturated carbocycles. The molecule has 1 heterocycles. The predicted molar refractivity (Wildman–Crippen MR) is 157 cm³/mol. The fraction of sp³-hybridized carbons (Fsp3) is 0.545. The first kappa shape index (κ1) is 28.4. The molecule has 1 atom stereocenters. The van der Waals surface area contributed by atoms with Gasteiger partial charge in [0.15, 0.2) is 0 Å². The summed E-state index contributed by atoms with van der Waals surface area (Å²) in [6.45, 7) is 23.8. The highest BCUT2D eigenvalue weighted by Gasteiger charge is 2.49. The molecule has 3 heteroatoms. The van der Waals surface area contributed by atoms with Gasteiger partial charge in [0.05, 0.1) is 5.41 Å². The summed E-state index contributed by atoms with van der Waals surface area (Å²) in [6, 6.07) is 19.6. The van der Waals surface area contributed by atoms with E-state index in [1.807, 2.05) is 11.3 Å². The normalized spacial score (nSPS) is 15.1. The van der Waals surface area contributed by atoms with E-state index >= 15 is 0 Å². The van der Waals surface area contributed by atoms with E-state index in [0.29, 0.717) is 0 Å². The minimum Gasteiger partial charge on any atom is -0.459 e. The van der Waals surface area contributed by atoms with E-state index in [-0.39, 0.29) is 22.2 Å². The number of hydrogen-bond acceptors (Lipinski definition) is 3. The number of rotatable bonds is 7. The molecular weight excluding hydrogens is 460 g/mol. The molecule has 1 aromatic heterocycles. The van der Waals surface area contributed by atoms with Gasteiger partial charge < -0.3 is 4.74 Å². The van der Waals surface area contributed by atoms with Gasteiger partial charge in [0.2, 0.25) is 0 Å². The lowest BCUT2D eigenvalue weighted by molar-refractivity contribution is -0.179. The highest BCUT2D eigenvalue weighted by atomic mass is 32.1. The van der Waals surface area contributed by atoms with Crippen LogP contribution < -0.4 is 0 Å². The molecule has 36 heavy (non-hydrogen) atoms. The van der Waals surface area contributed by atoms with Crippen LogP contribution in [0.2, 0.25) is 0 Å². The first-order chi connectivity index (χ1) is 16.3. The average Bonchev–Trinajstić information content (AvgIpc) is 3.14. The Kier molecular flexibility index (Phi) is 7.61. The van der Waals surface area contributed by atoms with Crippen molar-refractivity contribution in [2.45, 2.75) is 100 Å². The molecule has 0 N–H and O–H groups in total. The molecule has 0 bridgehead atoms. The highest BCUT2D eigenvalue weighted by molar-refractivity contribution is 7.22. The molecule has 0 spiro atoms. The second-order valence-electron chi connectivity index (χ2n) is 14.3.